The summed E-state index contributed by atoms with van der Waals surface area (Å²) in [6, 6.07) is 8.05. The highest BCUT2D eigenvalue weighted by molar-refractivity contribution is 5.83. The Balaban J connectivity index is 1.69. The number of hydrogen-bond donors (Lipinski definition) is 1. The molecule has 1 atom stereocenters. The van der Waals surface area contributed by atoms with Gasteiger partial charge in [0.25, 0.3) is 5.91 Å². The topological polar surface area (TPSA) is 84.9 Å². The third kappa shape index (κ3) is 6.87. The van der Waals surface area contributed by atoms with Crippen LogP contribution in [0.1, 0.15) is 51.7 Å². The minimum absolute atomic E-state index is 0.121. The van der Waals surface area contributed by atoms with Crippen LogP contribution in [0.5, 0.6) is 0 Å². The number of carbonyl (C=O) groups excluding carboxylic acids is 3. The van der Waals surface area contributed by atoms with Crippen molar-refractivity contribution in [1.82, 2.24) is 10.2 Å². The molecule has 0 aliphatic carbocycles. The highest BCUT2D eigenvalue weighted by Crippen LogP contribution is 2.19. The Morgan fingerprint density at radius 2 is 1.86 bits per heavy atom. The average Bonchev–Trinajstić information content (AvgIpc) is 2.62. The molecule has 0 fully saturated rings. The van der Waals surface area contributed by atoms with E-state index < -0.39 is 23.8 Å². The summed E-state index contributed by atoms with van der Waals surface area (Å²) in [5.74, 6) is -0.640. The van der Waals surface area contributed by atoms with Gasteiger partial charge in [-0.25, -0.2) is 4.79 Å². The van der Waals surface area contributed by atoms with Gasteiger partial charge in [-0.1, -0.05) is 24.3 Å². The molecule has 0 aromatic heterocycles. The smallest absolute Gasteiger partial charge is 0.407 e. The molecule has 7 heteroatoms. The maximum atomic E-state index is 12.6. The summed E-state index contributed by atoms with van der Waals surface area (Å²) in [6.07, 6.45) is -0.00279. The second-order valence-electron chi connectivity index (χ2n) is 7.94. The molecular formula is C21H30N2O5. The first kappa shape index (κ1) is 21.7. The number of nitrogens with zero attached hydrogens (tertiary/aromatic N) is 1. The van der Waals surface area contributed by atoms with Crippen molar-refractivity contribution >= 4 is 18.0 Å². The number of benzene rings is 1. The summed E-state index contributed by atoms with van der Waals surface area (Å²) in [6.45, 7) is 8.40. The van der Waals surface area contributed by atoms with E-state index in [9.17, 15) is 14.4 Å². The second-order valence-corrected chi connectivity index (χ2v) is 7.94. The standard InChI is InChI=1S/C21H30N2O5/c1-15(19(25)23-13-11-16-8-5-6-9-17(16)14-23)27-18(24)10-7-12-22-20(26)28-21(2,3)4/h5-6,8-9,15H,7,10-14H2,1-4H3,(H,22,26)/t15-/m1/s1. The zero-order chi connectivity index (χ0) is 20.7. The summed E-state index contributed by atoms with van der Waals surface area (Å²) in [7, 11) is 0. The molecule has 1 heterocycles. The van der Waals surface area contributed by atoms with Crippen molar-refractivity contribution in [3.8, 4) is 0 Å². The van der Waals surface area contributed by atoms with Gasteiger partial charge in [0.15, 0.2) is 6.10 Å². The van der Waals surface area contributed by atoms with Crippen LogP contribution in [0.4, 0.5) is 4.79 Å². The zero-order valence-electron chi connectivity index (χ0n) is 17.1. The lowest BCUT2D eigenvalue weighted by Crippen LogP contribution is -2.42. The fourth-order valence-electron chi connectivity index (χ4n) is 2.98. The first-order valence-electron chi connectivity index (χ1n) is 9.67. The number of rotatable bonds is 6. The van der Waals surface area contributed by atoms with Crippen LogP contribution in [-0.4, -0.2) is 47.7 Å². The van der Waals surface area contributed by atoms with Gasteiger partial charge >= 0.3 is 12.1 Å². The van der Waals surface area contributed by atoms with Crippen LogP contribution in [0.15, 0.2) is 24.3 Å². The van der Waals surface area contributed by atoms with Crippen LogP contribution in [0.25, 0.3) is 0 Å². The van der Waals surface area contributed by atoms with E-state index in [0.717, 1.165) is 12.0 Å². The van der Waals surface area contributed by atoms with Gasteiger partial charge in [0.1, 0.15) is 5.60 Å². The molecule has 0 spiro atoms. The van der Waals surface area contributed by atoms with Gasteiger partial charge in [0.05, 0.1) is 0 Å². The molecule has 1 aliphatic heterocycles. The molecular weight excluding hydrogens is 360 g/mol. The normalized spacial score (nSPS) is 14.6. The first-order valence-corrected chi connectivity index (χ1v) is 9.67. The number of ether oxygens (including phenoxy) is 2. The second kappa shape index (κ2) is 9.57. The molecule has 0 saturated carbocycles. The van der Waals surface area contributed by atoms with Gasteiger partial charge in [0, 0.05) is 26.1 Å². The number of alkyl carbamates (subject to hydrolysis) is 1. The molecule has 0 saturated heterocycles. The van der Waals surface area contributed by atoms with Gasteiger partial charge in [-0.05, 0) is 51.7 Å². The van der Waals surface area contributed by atoms with Crippen LogP contribution in [0.2, 0.25) is 0 Å². The molecule has 1 aliphatic rings. The van der Waals surface area contributed by atoms with Crippen LogP contribution >= 0.6 is 0 Å². The highest BCUT2D eigenvalue weighted by atomic mass is 16.6. The lowest BCUT2D eigenvalue weighted by atomic mass is 9.99. The Bertz CT molecular complexity index is 711. The number of carbonyl (C=O) groups is 3. The molecule has 1 aromatic carbocycles. The molecule has 2 amide bonds. The summed E-state index contributed by atoms with van der Waals surface area (Å²) in [5.41, 5.74) is 1.83. The summed E-state index contributed by atoms with van der Waals surface area (Å²) in [4.78, 5) is 37.8. The van der Waals surface area contributed by atoms with Crippen LogP contribution in [-0.2, 0) is 32.0 Å². The Hall–Kier alpha value is -2.57. The predicted molar refractivity (Wildman–Crippen MR) is 105 cm³/mol. The van der Waals surface area contributed by atoms with Gasteiger partial charge < -0.3 is 19.7 Å². The number of esters is 1. The minimum Gasteiger partial charge on any atom is -0.453 e. The molecule has 7 nitrogen and oxygen atoms in total. The largest absolute Gasteiger partial charge is 0.453 e. The number of amides is 2. The first-order chi connectivity index (χ1) is 13.2. The molecule has 1 N–H and O–H groups in total. The molecule has 154 valence electrons. The third-order valence-electron chi connectivity index (χ3n) is 4.32. The van der Waals surface area contributed by atoms with E-state index in [1.54, 1.807) is 32.6 Å². The van der Waals surface area contributed by atoms with E-state index in [-0.39, 0.29) is 12.3 Å². The van der Waals surface area contributed by atoms with Gasteiger partial charge in [-0.15, -0.1) is 0 Å². The number of nitrogens with one attached hydrogen (secondary N) is 1. The highest BCUT2D eigenvalue weighted by Gasteiger charge is 2.26. The number of hydrogen-bond acceptors (Lipinski definition) is 5. The van der Waals surface area contributed by atoms with Crippen LogP contribution < -0.4 is 5.32 Å². The Morgan fingerprint density at radius 3 is 2.54 bits per heavy atom. The number of fused-ring (bicyclic) bond motifs is 1. The Morgan fingerprint density at radius 1 is 1.18 bits per heavy atom. The molecule has 0 bridgehead atoms. The summed E-state index contributed by atoms with van der Waals surface area (Å²) < 4.78 is 10.4. The summed E-state index contributed by atoms with van der Waals surface area (Å²) >= 11 is 0. The van der Waals surface area contributed by atoms with Crippen LogP contribution in [0, 0.1) is 0 Å². The van der Waals surface area contributed by atoms with Gasteiger partial charge in [0.2, 0.25) is 0 Å². The summed E-state index contributed by atoms with van der Waals surface area (Å²) in [5, 5.41) is 2.59. The maximum absolute atomic E-state index is 12.6. The van der Waals surface area contributed by atoms with Crippen LogP contribution in [0.3, 0.4) is 0 Å². The van der Waals surface area contributed by atoms with E-state index in [1.807, 2.05) is 18.2 Å². The quantitative estimate of drug-likeness (QED) is 0.596. The fourth-order valence-corrected chi connectivity index (χ4v) is 2.98. The SMILES string of the molecule is C[C@@H](OC(=O)CCCNC(=O)OC(C)(C)C)C(=O)N1CCc2ccccc2C1. The van der Waals surface area contributed by atoms with E-state index in [4.69, 9.17) is 9.47 Å². The molecule has 2 rings (SSSR count). The molecule has 0 radical (unpaired) electrons. The van der Waals surface area contributed by atoms with Gasteiger partial charge in [-0.3, -0.25) is 9.59 Å². The van der Waals surface area contributed by atoms with Crippen molar-refractivity contribution in [2.75, 3.05) is 13.1 Å². The van der Waals surface area contributed by atoms with E-state index >= 15 is 0 Å². The van der Waals surface area contributed by atoms with Crippen molar-refractivity contribution in [2.24, 2.45) is 0 Å². The lowest BCUT2D eigenvalue weighted by Gasteiger charge is -2.30. The third-order valence-corrected chi connectivity index (χ3v) is 4.32. The van der Waals surface area contributed by atoms with E-state index in [1.165, 1.54) is 5.56 Å². The fraction of sp³-hybridized carbons (Fsp3) is 0.571. The van der Waals surface area contributed by atoms with Crippen molar-refractivity contribution in [3.05, 3.63) is 35.4 Å². The van der Waals surface area contributed by atoms with Gasteiger partial charge in [-0.2, -0.15) is 0 Å². The van der Waals surface area contributed by atoms with Crippen molar-refractivity contribution in [2.45, 2.75) is 65.2 Å². The van der Waals surface area contributed by atoms with Crippen molar-refractivity contribution < 1.29 is 23.9 Å². The lowest BCUT2D eigenvalue weighted by molar-refractivity contribution is -0.159. The maximum Gasteiger partial charge on any atom is 0.407 e. The van der Waals surface area contributed by atoms with Crippen molar-refractivity contribution in [1.29, 1.82) is 0 Å². The van der Waals surface area contributed by atoms with E-state index in [2.05, 4.69) is 11.4 Å². The predicted octanol–water partition coefficient (Wildman–Crippen LogP) is 2.81. The zero-order valence-corrected chi connectivity index (χ0v) is 17.1. The molecule has 28 heavy (non-hydrogen) atoms. The monoisotopic (exact) mass is 390 g/mol. The van der Waals surface area contributed by atoms with E-state index in [0.29, 0.717) is 26.1 Å². The minimum atomic E-state index is -0.823. The Kier molecular flexibility index (Phi) is 7.43. The molecule has 1 aromatic rings. The Labute approximate surface area is 166 Å². The molecule has 0 unspecified atom stereocenters. The average molecular weight is 390 g/mol. The van der Waals surface area contributed by atoms with Crippen molar-refractivity contribution in [3.63, 3.8) is 0 Å².